The number of ether oxygens (including phenoxy) is 1. The van der Waals surface area contributed by atoms with Crippen molar-refractivity contribution in [3.63, 3.8) is 0 Å². The summed E-state index contributed by atoms with van der Waals surface area (Å²) in [6, 6.07) is 10.8. The molecule has 0 aliphatic heterocycles. The fourth-order valence-electron chi connectivity index (χ4n) is 2.26. The maximum Gasteiger partial charge on any atom is 0.422 e. The fraction of sp³-hybridized carbons (Fsp3) is 0.222. The summed E-state index contributed by atoms with van der Waals surface area (Å²) in [7, 11) is -3.65. The van der Waals surface area contributed by atoms with Crippen LogP contribution in [0, 0.1) is 11.3 Å². The van der Waals surface area contributed by atoms with Crippen LogP contribution < -0.4 is 10.1 Å². The molecule has 0 atom stereocenters. The first kappa shape index (κ1) is 21.2. The topological polar surface area (TPSA) is 96.3 Å². The van der Waals surface area contributed by atoms with Gasteiger partial charge in [0, 0.05) is 5.69 Å². The molecule has 2 aromatic carbocycles. The molecule has 0 saturated heterocycles. The number of carbonyl (C=O) groups is 1. The van der Waals surface area contributed by atoms with Gasteiger partial charge in [-0.3, -0.25) is 4.79 Å². The Labute approximate surface area is 159 Å². The molecular formula is C18H15F3N2O4S. The van der Waals surface area contributed by atoms with Crippen molar-refractivity contribution in [3.8, 4) is 11.8 Å². The molecule has 1 amide bonds. The first-order valence-corrected chi connectivity index (χ1v) is 9.59. The number of hydrogen-bond acceptors (Lipinski definition) is 5. The lowest BCUT2D eigenvalue weighted by atomic mass is 10.1. The van der Waals surface area contributed by atoms with E-state index in [1.165, 1.54) is 37.3 Å². The minimum atomic E-state index is -4.56. The van der Waals surface area contributed by atoms with E-state index >= 15 is 0 Å². The predicted octanol–water partition coefficient (Wildman–Crippen LogP) is 3.55. The second-order valence-corrected chi connectivity index (χ2v) is 7.83. The van der Waals surface area contributed by atoms with Crippen LogP contribution in [0.3, 0.4) is 0 Å². The summed E-state index contributed by atoms with van der Waals surface area (Å²) >= 11 is 0. The van der Waals surface area contributed by atoms with Gasteiger partial charge in [-0.2, -0.15) is 18.4 Å². The Bertz CT molecular complexity index is 1030. The number of sulfone groups is 1. The predicted molar refractivity (Wildman–Crippen MR) is 94.8 cm³/mol. The molecule has 6 nitrogen and oxygen atoms in total. The van der Waals surface area contributed by atoms with Crippen molar-refractivity contribution < 1.29 is 31.1 Å². The van der Waals surface area contributed by atoms with Crippen LogP contribution in [0.5, 0.6) is 5.75 Å². The molecule has 0 unspecified atom stereocenters. The Balaban J connectivity index is 2.28. The number of nitrogens with zero attached hydrogens (tertiary/aromatic N) is 1. The largest absolute Gasteiger partial charge is 0.483 e. The number of anilines is 1. The van der Waals surface area contributed by atoms with Crippen LogP contribution in [0.4, 0.5) is 18.9 Å². The second kappa shape index (κ2) is 8.31. The number of hydrogen-bond donors (Lipinski definition) is 1. The van der Waals surface area contributed by atoms with Gasteiger partial charge in [-0.25, -0.2) is 8.42 Å². The van der Waals surface area contributed by atoms with Crippen LogP contribution in [0.2, 0.25) is 0 Å². The first-order chi connectivity index (χ1) is 13.1. The highest BCUT2D eigenvalue weighted by molar-refractivity contribution is 7.91. The SMILES string of the molecule is CCS(=O)(=O)c1ccccc1C(=O)Nc1ccc(OCC(F)(F)F)c(C#N)c1. The quantitative estimate of drug-likeness (QED) is 0.783. The molecule has 0 radical (unpaired) electrons. The van der Waals surface area contributed by atoms with Crippen molar-refractivity contribution in [3.05, 3.63) is 53.6 Å². The number of nitrogens with one attached hydrogen (secondary N) is 1. The minimum absolute atomic E-state index is 0.0831. The number of rotatable bonds is 6. The molecule has 0 saturated carbocycles. The van der Waals surface area contributed by atoms with Gasteiger partial charge in [0.15, 0.2) is 16.4 Å². The van der Waals surface area contributed by atoms with Gasteiger partial charge in [0.1, 0.15) is 11.8 Å². The Morgan fingerprint density at radius 3 is 2.50 bits per heavy atom. The molecule has 28 heavy (non-hydrogen) atoms. The van der Waals surface area contributed by atoms with Crippen molar-refractivity contribution in [2.24, 2.45) is 0 Å². The Morgan fingerprint density at radius 2 is 1.89 bits per heavy atom. The summed E-state index contributed by atoms with van der Waals surface area (Å²) < 4.78 is 65.7. The van der Waals surface area contributed by atoms with Crippen LogP contribution in [0.1, 0.15) is 22.8 Å². The molecule has 0 aliphatic rings. The van der Waals surface area contributed by atoms with E-state index in [-0.39, 0.29) is 33.2 Å². The average molecular weight is 412 g/mol. The summed E-state index contributed by atoms with van der Waals surface area (Å²) in [5, 5.41) is 11.5. The van der Waals surface area contributed by atoms with E-state index in [2.05, 4.69) is 10.1 Å². The highest BCUT2D eigenvalue weighted by Gasteiger charge is 2.29. The summed E-state index contributed by atoms with van der Waals surface area (Å²) in [6.45, 7) is -0.113. The van der Waals surface area contributed by atoms with Crippen LogP contribution in [0.25, 0.3) is 0 Å². The van der Waals surface area contributed by atoms with Crippen molar-refractivity contribution >= 4 is 21.4 Å². The Hall–Kier alpha value is -3.06. The smallest absolute Gasteiger partial charge is 0.422 e. The highest BCUT2D eigenvalue weighted by atomic mass is 32.2. The third kappa shape index (κ3) is 5.23. The molecule has 1 N–H and O–H groups in total. The van der Waals surface area contributed by atoms with Crippen molar-refractivity contribution in [1.82, 2.24) is 0 Å². The Kier molecular flexibility index (Phi) is 6.30. The minimum Gasteiger partial charge on any atom is -0.483 e. The van der Waals surface area contributed by atoms with Crippen LogP contribution in [0.15, 0.2) is 47.4 Å². The second-order valence-electron chi connectivity index (χ2n) is 5.58. The van der Waals surface area contributed by atoms with E-state index in [0.717, 1.165) is 12.1 Å². The number of halogens is 3. The zero-order valence-electron chi connectivity index (χ0n) is 14.6. The molecule has 0 aromatic heterocycles. The number of benzene rings is 2. The summed E-state index contributed by atoms with van der Waals surface area (Å²) in [5.41, 5.74) is -0.193. The van der Waals surface area contributed by atoms with Crippen molar-refractivity contribution in [2.45, 2.75) is 18.0 Å². The third-order valence-corrected chi connectivity index (χ3v) is 5.38. The summed E-state index contributed by atoms with van der Waals surface area (Å²) in [5.74, 6) is -1.21. The zero-order valence-corrected chi connectivity index (χ0v) is 15.4. The lowest BCUT2D eigenvalue weighted by molar-refractivity contribution is -0.153. The van der Waals surface area contributed by atoms with Gasteiger partial charge in [-0.1, -0.05) is 19.1 Å². The van der Waals surface area contributed by atoms with Crippen molar-refractivity contribution in [1.29, 1.82) is 5.26 Å². The number of nitriles is 1. The fourth-order valence-corrected chi connectivity index (χ4v) is 3.35. The molecule has 2 aromatic rings. The number of alkyl halides is 3. The lowest BCUT2D eigenvalue weighted by Crippen LogP contribution is -2.20. The van der Waals surface area contributed by atoms with E-state index in [1.54, 1.807) is 6.07 Å². The molecule has 148 valence electrons. The lowest BCUT2D eigenvalue weighted by Gasteiger charge is -2.13. The molecule has 0 spiro atoms. The van der Waals surface area contributed by atoms with Gasteiger partial charge in [-0.05, 0) is 30.3 Å². The third-order valence-electron chi connectivity index (χ3n) is 3.60. The van der Waals surface area contributed by atoms with E-state index < -0.39 is 28.5 Å². The Morgan fingerprint density at radius 1 is 1.21 bits per heavy atom. The van der Waals surface area contributed by atoms with Gasteiger partial charge in [0.25, 0.3) is 5.91 Å². The van der Waals surface area contributed by atoms with E-state index in [1.807, 2.05) is 0 Å². The first-order valence-electron chi connectivity index (χ1n) is 7.94. The molecular weight excluding hydrogens is 397 g/mol. The van der Waals surface area contributed by atoms with Crippen LogP contribution >= 0.6 is 0 Å². The zero-order chi connectivity index (χ0) is 20.9. The molecule has 0 aliphatic carbocycles. The molecule has 0 fully saturated rings. The number of carbonyl (C=O) groups excluding carboxylic acids is 1. The number of amides is 1. The van der Waals surface area contributed by atoms with Crippen LogP contribution in [-0.4, -0.2) is 32.9 Å². The highest BCUT2D eigenvalue weighted by Crippen LogP contribution is 2.26. The molecule has 0 heterocycles. The maximum atomic E-state index is 12.5. The normalized spacial score (nSPS) is 11.5. The van der Waals surface area contributed by atoms with Gasteiger partial charge < -0.3 is 10.1 Å². The monoisotopic (exact) mass is 412 g/mol. The maximum absolute atomic E-state index is 12.5. The van der Waals surface area contributed by atoms with Crippen molar-refractivity contribution in [2.75, 3.05) is 17.7 Å². The summed E-state index contributed by atoms with van der Waals surface area (Å²) in [4.78, 5) is 12.4. The van der Waals surface area contributed by atoms with Gasteiger partial charge in [-0.15, -0.1) is 0 Å². The van der Waals surface area contributed by atoms with Crippen LogP contribution in [-0.2, 0) is 9.84 Å². The van der Waals surface area contributed by atoms with Gasteiger partial charge >= 0.3 is 6.18 Å². The molecule has 10 heteroatoms. The van der Waals surface area contributed by atoms with E-state index in [9.17, 15) is 26.4 Å². The standard InChI is InChI=1S/C18H15F3N2O4S/c1-2-28(25,26)16-6-4-3-5-14(16)17(24)23-13-7-8-15(12(9-13)10-22)27-11-18(19,20)21/h3-9H,2,11H2,1H3,(H,23,24). The summed E-state index contributed by atoms with van der Waals surface area (Å²) in [6.07, 6.45) is -4.56. The van der Waals surface area contributed by atoms with E-state index in [4.69, 9.17) is 5.26 Å². The average Bonchev–Trinajstić information content (AvgIpc) is 2.66. The van der Waals surface area contributed by atoms with Gasteiger partial charge in [0.05, 0.1) is 21.8 Å². The molecule has 0 bridgehead atoms. The molecule has 2 rings (SSSR count). The van der Waals surface area contributed by atoms with E-state index in [0.29, 0.717) is 0 Å². The van der Waals surface area contributed by atoms with Gasteiger partial charge in [0.2, 0.25) is 0 Å².